The fourth-order valence-corrected chi connectivity index (χ4v) is 4.48. The van der Waals surface area contributed by atoms with Crippen molar-refractivity contribution in [2.75, 3.05) is 6.54 Å². The van der Waals surface area contributed by atoms with E-state index >= 15 is 0 Å². The van der Waals surface area contributed by atoms with E-state index in [4.69, 9.17) is 9.84 Å². The number of hydrogen-bond acceptors (Lipinski definition) is 5. The maximum absolute atomic E-state index is 13.3. The van der Waals surface area contributed by atoms with E-state index in [0.29, 0.717) is 34.8 Å². The number of rotatable bonds is 7. The van der Waals surface area contributed by atoms with E-state index in [0.717, 1.165) is 21.7 Å². The Hall–Kier alpha value is -5.22. The van der Waals surface area contributed by atoms with Gasteiger partial charge in [0.15, 0.2) is 0 Å². The highest BCUT2D eigenvalue weighted by Crippen LogP contribution is 2.32. The highest BCUT2D eigenvalue weighted by molar-refractivity contribution is 6.19. The number of carbonyl (C=O) groups is 2. The van der Waals surface area contributed by atoms with Gasteiger partial charge in [0.2, 0.25) is 0 Å². The highest BCUT2D eigenvalue weighted by atomic mass is 16.5. The summed E-state index contributed by atoms with van der Waals surface area (Å²) in [6, 6.07) is 29.2. The highest BCUT2D eigenvalue weighted by Gasteiger charge is 2.34. The molecule has 3 aromatic carbocycles. The molecule has 0 atom stereocenters. The molecule has 0 unspecified atom stereocenters. The van der Waals surface area contributed by atoms with Crippen LogP contribution in [0, 0.1) is 11.3 Å². The summed E-state index contributed by atoms with van der Waals surface area (Å²) in [5, 5.41) is 14.5. The molecule has 1 aromatic heterocycles. The molecule has 2 amide bonds. The number of imide groups is 1. The Morgan fingerprint density at radius 3 is 2.36 bits per heavy atom. The first-order chi connectivity index (χ1) is 19.0. The number of amides is 2. The summed E-state index contributed by atoms with van der Waals surface area (Å²) in [5.41, 5.74) is 4.63. The average molecular weight is 515 g/mol. The number of para-hydroxylation sites is 1. The fraction of sp³-hybridized carbons (Fsp3) is 0.125. The van der Waals surface area contributed by atoms with Gasteiger partial charge in [-0.1, -0.05) is 60.7 Å². The Labute approximate surface area is 226 Å². The molecule has 0 saturated carbocycles. The van der Waals surface area contributed by atoms with Gasteiger partial charge < -0.3 is 4.74 Å². The van der Waals surface area contributed by atoms with E-state index in [9.17, 15) is 14.9 Å². The Bertz CT molecular complexity index is 1640. The number of nitrogens with zero attached hydrogens (tertiary/aromatic N) is 4. The van der Waals surface area contributed by atoms with Gasteiger partial charge in [-0.05, 0) is 55.3 Å². The van der Waals surface area contributed by atoms with Crippen LogP contribution in [0.3, 0.4) is 0 Å². The molecule has 0 bridgehead atoms. The second-order valence-electron chi connectivity index (χ2n) is 9.04. The summed E-state index contributed by atoms with van der Waals surface area (Å²) in [7, 11) is 0. The topological polar surface area (TPSA) is 88.2 Å². The van der Waals surface area contributed by atoms with E-state index < -0.39 is 11.8 Å². The van der Waals surface area contributed by atoms with Crippen molar-refractivity contribution in [3.8, 4) is 28.8 Å². The summed E-state index contributed by atoms with van der Waals surface area (Å²) in [4.78, 5) is 27.0. The monoisotopic (exact) mass is 514 g/mol. The number of likely N-dealkylation sites (N-methyl/N-ethyl adjacent to an activating group) is 1. The second-order valence-corrected chi connectivity index (χ2v) is 9.04. The molecule has 2 heterocycles. The summed E-state index contributed by atoms with van der Waals surface area (Å²) >= 11 is 0. The Kier molecular flexibility index (Phi) is 7.19. The minimum atomic E-state index is -0.567. The van der Waals surface area contributed by atoms with Crippen molar-refractivity contribution in [3.63, 3.8) is 0 Å². The number of benzene rings is 3. The van der Waals surface area contributed by atoms with Gasteiger partial charge in [-0.25, -0.2) is 4.68 Å². The van der Waals surface area contributed by atoms with Crippen LogP contribution in [0.25, 0.3) is 23.0 Å². The lowest BCUT2D eigenvalue weighted by Crippen LogP contribution is -2.42. The first-order valence-corrected chi connectivity index (χ1v) is 12.6. The molecule has 4 aromatic rings. The van der Waals surface area contributed by atoms with Crippen LogP contribution in [0.4, 0.5) is 0 Å². The van der Waals surface area contributed by atoms with Gasteiger partial charge in [-0.2, -0.15) is 10.4 Å². The van der Waals surface area contributed by atoms with Crippen LogP contribution in [0.15, 0.2) is 108 Å². The minimum absolute atomic E-state index is 0.0315. The van der Waals surface area contributed by atoms with Crippen LogP contribution < -0.4 is 4.74 Å². The van der Waals surface area contributed by atoms with E-state index in [1.54, 1.807) is 24.6 Å². The molecule has 7 nitrogen and oxygen atoms in total. The largest absolute Gasteiger partial charge is 0.489 e. The molecule has 192 valence electrons. The van der Waals surface area contributed by atoms with Gasteiger partial charge in [0.1, 0.15) is 29.7 Å². The molecule has 0 saturated heterocycles. The third-order valence-electron chi connectivity index (χ3n) is 6.56. The zero-order valence-corrected chi connectivity index (χ0v) is 21.7. The SMILES string of the molecule is CCN1C(=O)C(C#N)=C(C)/C(=C\c2cn(-c3ccccc3)nc2-c2cccc(OCc3ccccc3)c2)C1=O. The molecule has 1 aliphatic rings. The molecule has 7 heteroatoms. The first kappa shape index (κ1) is 25.4. The number of ether oxygens (including phenoxy) is 1. The zero-order valence-electron chi connectivity index (χ0n) is 21.7. The molecule has 5 rings (SSSR count). The molecule has 0 radical (unpaired) electrons. The van der Waals surface area contributed by atoms with Crippen LogP contribution >= 0.6 is 0 Å². The summed E-state index contributed by atoms with van der Waals surface area (Å²) in [5.74, 6) is -0.316. The first-order valence-electron chi connectivity index (χ1n) is 12.6. The molecule has 39 heavy (non-hydrogen) atoms. The van der Waals surface area contributed by atoms with Crippen molar-refractivity contribution in [2.24, 2.45) is 0 Å². The average Bonchev–Trinajstić information content (AvgIpc) is 3.40. The molecule has 0 N–H and O–H groups in total. The predicted molar refractivity (Wildman–Crippen MR) is 148 cm³/mol. The van der Waals surface area contributed by atoms with Crippen molar-refractivity contribution >= 4 is 17.9 Å². The normalized spacial score (nSPS) is 14.6. The lowest BCUT2D eigenvalue weighted by Gasteiger charge is -2.26. The number of nitriles is 1. The van der Waals surface area contributed by atoms with Gasteiger partial charge in [0.05, 0.1) is 5.69 Å². The maximum Gasteiger partial charge on any atom is 0.271 e. The third-order valence-corrected chi connectivity index (χ3v) is 6.56. The maximum atomic E-state index is 13.3. The van der Waals surface area contributed by atoms with E-state index in [-0.39, 0.29) is 12.1 Å². The van der Waals surface area contributed by atoms with Crippen LogP contribution in [0.2, 0.25) is 0 Å². The Balaban J connectivity index is 1.60. The van der Waals surface area contributed by atoms with Crippen molar-refractivity contribution in [2.45, 2.75) is 20.5 Å². The molecular weight excluding hydrogens is 488 g/mol. The zero-order chi connectivity index (χ0) is 27.4. The molecular formula is C32H26N4O3. The lowest BCUT2D eigenvalue weighted by molar-refractivity contribution is -0.140. The van der Waals surface area contributed by atoms with Crippen molar-refractivity contribution in [3.05, 3.63) is 119 Å². The second kappa shape index (κ2) is 11.0. The molecule has 0 aliphatic carbocycles. The molecule has 0 fully saturated rings. The van der Waals surface area contributed by atoms with E-state index in [2.05, 4.69) is 0 Å². The van der Waals surface area contributed by atoms with E-state index in [1.807, 2.05) is 97.2 Å². The van der Waals surface area contributed by atoms with Crippen LogP contribution in [0.5, 0.6) is 5.75 Å². The van der Waals surface area contributed by atoms with Crippen LogP contribution in [-0.2, 0) is 16.2 Å². The van der Waals surface area contributed by atoms with Gasteiger partial charge in [0.25, 0.3) is 11.8 Å². The van der Waals surface area contributed by atoms with E-state index in [1.165, 1.54) is 0 Å². The number of aromatic nitrogens is 2. The Morgan fingerprint density at radius 2 is 1.67 bits per heavy atom. The standard InChI is InChI=1S/C32H26N4O3/c1-3-35-31(37)28(22(2)29(19-33)32(35)38)18-25-20-36(26-14-8-5-9-15-26)34-30(25)24-13-10-16-27(17-24)39-21-23-11-6-4-7-12-23/h4-18,20H,3,21H2,1-2H3/b28-18+. The molecule has 1 aliphatic heterocycles. The van der Waals surface area contributed by atoms with Gasteiger partial charge in [0, 0.05) is 29.4 Å². The predicted octanol–water partition coefficient (Wildman–Crippen LogP) is 5.73. The smallest absolute Gasteiger partial charge is 0.271 e. The number of hydrogen-bond donors (Lipinski definition) is 0. The van der Waals surface area contributed by atoms with Crippen molar-refractivity contribution in [1.82, 2.24) is 14.7 Å². The van der Waals surface area contributed by atoms with Gasteiger partial charge >= 0.3 is 0 Å². The fourth-order valence-electron chi connectivity index (χ4n) is 4.48. The van der Waals surface area contributed by atoms with Gasteiger partial charge in [-0.15, -0.1) is 0 Å². The van der Waals surface area contributed by atoms with Gasteiger partial charge in [-0.3, -0.25) is 14.5 Å². The summed E-state index contributed by atoms with van der Waals surface area (Å²) < 4.78 is 7.80. The lowest BCUT2D eigenvalue weighted by atomic mass is 9.93. The quantitative estimate of drug-likeness (QED) is 0.232. The van der Waals surface area contributed by atoms with Crippen LogP contribution in [0.1, 0.15) is 25.0 Å². The van der Waals surface area contributed by atoms with Crippen molar-refractivity contribution in [1.29, 1.82) is 5.26 Å². The third kappa shape index (κ3) is 5.13. The van der Waals surface area contributed by atoms with Crippen molar-refractivity contribution < 1.29 is 14.3 Å². The number of carbonyl (C=O) groups excluding carboxylic acids is 2. The Morgan fingerprint density at radius 1 is 0.949 bits per heavy atom. The van der Waals surface area contributed by atoms with Crippen LogP contribution in [-0.4, -0.2) is 33.0 Å². The molecule has 0 spiro atoms. The summed E-state index contributed by atoms with van der Waals surface area (Å²) in [6.45, 7) is 3.94. The summed E-state index contributed by atoms with van der Waals surface area (Å²) in [6.07, 6.45) is 3.55. The minimum Gasteiger partial charge on any atom is -0.489 e.